The van der Waals surface area contributed by atoms with Crippen molar-refractivity contribution in [2.24, 2.45) is 0 Å². The van der Waals surface area contributed by atoms with E-state index in [2.05, 4.69) is 9.71 Å². The third-order valence-electron chi connectivity index (χ3n) is 5.59. The Kier molecular flexibility index (Phi) is 8.00. The number of halogens is 3. The van der Waals surface area contributed by atoms with E-state index in [1.807, 2.05) is 0 Å². The molecule has 1 unspecified atom stereocenters. The zero-order valence-electron chi connectivity index (χ0n) is 20.8. The van der Waals surface area contributed by atoms with Gasteiger partial charge in [0.05, 0.1) is 18.7 Å². The summed E-state index contributed by atoms with van der Waals surface area (Å²) in [6, 6.07) is 8.36. The van der Waals surface area contributed by atoms with E-state index in [9.17, 15) is 18.1 Å². The highest BCUT2D eigenvalue weighted by molar-refractivity contribution is 7.90. The topological polar surface area (TPSA) is 108 Å². The molecule has 0 spiro atoms. The number of furan rings is 1. The van der Waals surface area contributed by atoms with Gasteiger partial charge in [-0.1, -0.05) is 6.07 Å². The molecule has 11 heteroatoms. The lowest BCUT2D eigenvalue weighted by molar-refractivity contribution is -0.136. The van der Waals surface area contributed by atoms with Gasteiger partial charge in [-0.15, -0.1) is 4.72 Å². The number of ether oxygens (including phenoxy) is 1. The molecule has 2 aromatic carbocycles. The Morgan fingerprint density at radius 2 is 1.89 bits per heavy atom. The first-order valence-corrected chi connectivity index (χ1v) is 12.7. The fourth-order valence-electron chi connectivity index (χ4n) is 3.77. The number of aromatic nitrogens is 1. The summed E-state index contributed by atoms with van der Waals surface area (Å²) in [5.74, 6) is -2.36. The predicted octanol–water partition coefficient (Wildman–Crippen LogP) is 5.67. The Hall–Kier alpha value is -3.54. The Balaban J connectivity index is 1.68. The van der Waals surface area contributed by atoms with Crippen molar-refractivity contribution in [3.05, 3.63) is 83.1 Å². The van der Waals surface area contributed by atoms with Crippen LogP contribution >= 0.6 is 0 Å². The van der Waals surface area contributed by atoms with Gasteiger partial charge in [0.2, 0.25) is 0 Å². The molecule has 2 N–H and O–H groups in total. The van der Waals surface area contributed by atoms with Crippen LogP contribution in [0, 0.1) is 17.6 Å². The molecule has 0 radical (unpaired) electrons. The van der Waals surface area contributed by atoms with Gasteiger partial charge in [-0.25, -0.2) is 8.78 Å². The van der Waals surface area contributed by atoms with Crippen molar-refractivity contribution in [1.29, 1.82) is 0 Å². The normalized spacial score (nSPS) is 12.6. The summed E-state index contributed by atoms with van der Waals surface area (Å²) < 4.78 is 68.9. The molecule has 7 nitrogen and oxygen atoms in total. The van der Waals surface area contributed by atoms with Crippen LogP contribution in [0.2, 0.25) is 0 Å². The number of hydrogen-bond donors (Lipinski definition) is 2. The number of hydrogen-bond acceptors (Lipinski definition) is 6. The molecule has 0 bridgehead atoms. The highest BCUT2D eigenvalue weighted by Crippen LogP contribution is 2.35. The van der Waals surface area contributed by atoms with Crippen molar-refractivity contribution in [3.63, 3.8) is 0 Å². The summed E-state index contributed by atoms with van der Waals surface area (Å²) in [6.07, 6.45) is 1.01. The summed E-state index contributed by atoms with van der Waals surface area (Å²) in [6.45, 7) is 5.09. The lowest BCUT2D eigenvalue weighted by Gasteiger charge is -2.23. The van der Waals surface area contributed by atoms with E-state index >= 15 is 4.39 Å². The molecule has 0 aliphatic carbocycles. The minimum absolute atomic E-state index is 0.0139. The molecule has 0 fully saturated rings. The number of carbonyl (C=O) groups is 1. The number of pyridine rings is 1. The van der Waals surface area contributed by atoms with Crippen LogP contribution in [0.1, 0.15) is 37.6 Å². The van der Waals surface area contributed by atoms with Gasteiger partial charge < -0.3 is 18.8 Å². The second-order valence-corrected chi connectivity index (χ2v) is 11.6. The number of carboxylic acid groups (broad SMARTS) is 1. The second-order valence-electron chi connectivity index (χ2n) is 9.54. The van der Waals surface area contributed by atoms with E-state index in [0.717, 1.165) is 18.2 Å². The van der Waals surface area contributed by atoms with E-state index in [4.69, 9.17) is 14.3 Å². The van der Waals surface area contributed by atoms with Gasteiger partial charge in [-0.2, -0.15) is 4.39 Å². The van der Waals surface area contributed by atoms with Gasteiger partial charge in [0, 0.05) is 51.8 Å². The summed E-state index contributed by atoms with van der Waals surface area (Å²) >= 11 is -1.45. The number of benzene rings is 2. The van der Waals surface area contributed by atoms with Gasteiger partial charge >= 0.3 is 5.97 Å². The summed E-state index contributed by atoms with van der Waals surface area (Å²) in [5, 5.41) is 9.47. The fraction of sp³-hybridized carbons (Fsp3) is 0.259. The molecule has 4 aromatic rings. The predicted molar refractivity (Wildman–Crippen MR) is 136 cm³/mol. The van der Waals surface area contributed by atoms with Gasteiger partial charge in [0.1, 0.15) is 28.5 Å². The number of carboxylic acids is 1. The number of rotatable bonds is 9. The zero-order chi connectivity index (χ0) is 27.6. The average Bonchev–Trinajstić information content (AvgIpc) is 3.22. The second kappa shape index (κ2) is 11.1. The molecule has 1 atom stereocenters. The molecule has 38 heavy (non-hydrogen) atoms. The van der Waals surface area contributed by atoms with Crippen molar-refractivity contribution < 1.29 is 36.8 Å². The zero-order valence-corrected chi connectivity index (χ0v) is 21.6. The maximum atomic E-state index is 15.6. The SMILES string of the molecule is CC(C)(C)[S+]([O-])NCc1nccc(-c2cc(COc3cc(F)ccc3CC(=O)O)cc3cc(F)oc23)c1F. The number of aliphatic carboxylic acids is 1. The monoisotopic (exact) mass is 546 g/mol. The quantitative estimate of drug-likeness (QED) is 0.261. The van der Waals surface area contributed by atoms with Crippen LogP contribution in [-0.2, 0) is 35.7 Å². The van der Waals surface area contributed by atoms with Crippen LogP contribution in [0.3, 0.4) is 0 Å². The Morgan fingerprint density at radius 1 is 1.13 bits per heavy atom. The number of nitrogens with one attached hydrogen (secondary N) is 1. The molecular formula is C27H25F3N2O5S. The van der Waals surface area contributed by atoms with Crippen LogP contribution in [0.5, 0.6) is 5.75 Å². The lowest BCUT2D eigenvalue weighted by atomic mass is 10.00. The highest BCUT2D eigenvalue weighted by Gasteiger charge is 2.27. The van der Waals surface area contributed by atoms with Crippen molar-refractivity contribution in [3.8, 4) is 16.9 Å². The molecule has 0 saturated carbocycles. The van der Waals surface area contributed by atoms with Crippen LogP contribution in [-0.4, -0.2) is 25.4 Å². The molecule has 0 aliphatic rings. The van der Waals surface area contributed by atoms with E-state index in [-0.39, 0.29) is 53.3 Å². The standard InChI is InChI=1S/C27H25F3N2O5S/c1-27(2,3)38(35)32-13-21-25(30)19(6-7-31-21)20-9-15(8-17-10-23(29)37-26(17)20)14-36-22-12-18(28)5-4-16(22)11-24(33)34/h4-10,12,32H,11,13-14H2,1-3H3,(H,33,34). The van der Waals surface area contributed by atoms with E-state index < -0.39 is 39.7 Å². The molecule has 0 amide bonds. The van der Waals surface area contributed by atoms with Crippen molar-refractivity contribution >= 4 is 28.3 Å². The minimum Gasteiger partial charge on any atom is -0.598 e. The Labute approximate surface area is 220 Å². The Bertz CT molecular complexity index is 1490. The number of nitrogens with zero attached hydrogens (tertiary/aromatic N) is 1. The van der Waals surface area contributed by atoms with Crippen molar-refractivity contribution in [2.45, 2.75) is 45.1 Å². The molecule has 0 aliphatic heterocycles. The first-order chi connectivity index (χ1) is 17.9. The van der Waals surface area contributed by atoms with E-state index in [1.165, 1.54) is 18.3 Å². The van der Waals surface area contributed by atoms with Gasteiger partial charge in [-0.3, -0.25) is 9.78 Å². The first kappa shape index (κ1) is 27.5. The van der Waals surface area contributed by atoms with Crippen LogP contribution < -0.4 is 9.46 Å². The Morgan fingerprint density at radius 3 is 2.61 bits per heavy atom. The molecular weight excluding hydrogens is 521 g/mol. The van der Waals surface area contributed by atoms with Crippen molar-refractivity contribution in [1.82, 2.24) is 9.71 Å². The van der Waals surface area contributed by atoms with Crippen LogP contribution in [0.4, 0.5) is 13.2 Å². The third-order valence-corrected chi connectivity index (χ3v) is 7.11. The summed E-state index contributed by atoms with van der Waals surface area (Å²) in [7, 11) is 0. The molecule has 200 valence electrons. The van der Waals surface area contributed by atoms with Crippen LogP contribution in [0.25, 0.3) is 22.1 Å². The van der Waals surface area contributed by atoms with Crippen molar-refractivity contribution in [2.75, 3.05) is 0 Å². The van der Waals surface area contributed by atoms with Gasteiger partial charge in [0.15, 0.2) is 5.82 Å². The van der Waals surface area contributed by atoms with Crippen LogP contribution in [0.15, 0.2) is 53.1 Å². The minimum atomic E-state index is -1.45. The summed E-state index contributed by atoms with van der Waals surface area (Å²) in [5.41, 5.74) is 1.18. The first-order valence-electron chi connectivity index (χ1n) is 11.6. The fourth-order valence-corrected chi connectivity index (χ4v) is 4.47. The van der Waals surface area contributed by atoms with E-state index in [0.29, 0.717) is 10.9 Å². The molecule has 4 rings (SSSR count). The average molecular weight is 547 g/mol. The van der Waals surface area contributed by atoms with Gasteiger partial charge in [0.25, 0.3) is 6.01 Å². The largest absolute Gasteiger partial charge is 0.598 e. The maximum absolute atomic E-state index is 15.6. The highest BCUT2D eigenvalue weighted by atomic mass is 32.2. The van der Waals surface area contributed by atoms with E-state index in [1.54, 1.807) is 32.9 Å². The summed E-state index contributed by atoms with van der Waals surface area (Å²) in [4.78, 5) is 15.2. The number of fused-ring (bicyclic) bond motifs is 1. The molecule has 2 heterocycles. The molecule has 2 aromatic heterocycles. The molecule has 0 saturated heterocycles. The lowest BCUT2D eigenvalue weighted by Crippen LogP contribution is -2.39. The third kappa shape index (κ3) is 6.29. The van der Waals surface area contributed by atoms with Gasteiger partial charge in [-0.05, 0) is 50.6 Å². The maximum Gasteiger partial charge on any atom is 0.307 e. The smallest absolute Gasteiger partial charge is 0.307 e.